The van der Waals surface area contributed by atoms with Crippen LogP contribution in [0.25, 0.3) is 22.0 Å². The molecule has 0 atom stereocenters. The van der Waals surface area contributed by atoms with Gasteiger partial charge in [-0.1, -0.05) is 42.8 Å². The molecule has 4 rings (SSSR count). The first kappa shape index (κ1) is 29.0. The van der Waals surface area contributed by atoms with Gasteiger partial charge < -0.3 is 14.6 Å². The van der Waals surface area contributed by atoms with Crippen LogP contribution in [0.1, 0.15) is 49.4 Å². The van der Waals surface area contributed by atoms with Crippen molar-refractivity contribution in [2.75, 3.05) is 20.7 Å². The number of aromatic nitrogens is 2. The van der Waals surface area contributed by atoms with Crippen LogP contribution in [0.5, 0.6) is 5.88 Å². The fraction of sp³-hybridized carbons (Fsp3) is 0.250. The molecule has 4 aromatic rings. The minimum atomic E-state index is -0.643. The van der Waals surface area contributed by atoms with E-state index in [1.54, 1.807) is 32.4 Å². The van der Waals surface area contributed by atoms with Crippen LogP contribution < -0.4 is 4.74 Å². The van der Waals surface area contributed by atoms with E-state index in [2.05, 4.69) is 9.97 Å². The monoisotopic (exact) mass is 563 g/mol. The molecule has 0 saturated carbocycles. The number of aromatic amines is 1. The molecule has 0 aliphatic carbocycles. The van der Waals surface area contributed by atoms with Crippen molar-refractivity contribution in [3.05, 3.63) is 106 Å². The second kappa shape index (κ2) is 13.4. The smallest absolute Gasteiger partial charge is 0.245 e. The van der Waals surface area contributed by atoms with E-state index < -0.39 is 11.6 Å². The Bertz CT molecular complexity index is 1540. The highest BCUT2D eigenvalue weighted by Crippen LogP contribution is 2.40. The molecule has 2 heterocycles. The van der Waals surface area contributed by atoms with E-state index in [1.807, 2.05) is 43.3 Å². The summed E-state index contributed by atoms with van der Waals surface area (Å²) in [6.07, 6.45) is 8.07. The van der Waals surface area contributed by atoms with E-state index in [1.165, 1.54) is 17.0 Å². The summed E-state index contributed by atoms with van der Waals surface area (Å²) in [4.78, 5) is 21.0. The van der Waals surface area contributed by atoms with Gasteiger partial charge in [0.05, 0.1) is 17.3 Å². The van der Waals surface area contributed by atoms with Crippen molar-refractivity contribution in [3.63, 3.8) is 0 Å². The number of H-pyrrole nitrogens is 1. The zero-order valence-corrected chi connectivity index (χ0v) is 23.6. The molecule has 2 aromatic carbocycles. The summed E-state index contributed by atoms with van der Waals surface area (Å²) in [6.45, 7) is 2.41. The molecule has 1 amide bonds. The van der Waals surface area contributed by atoms with E-state index in [9.17, 15) is 13.6 Å². The van der Waals surface area contributed by atoms with E-state index in [0.29, 0.717) is 46.3 Å². The predicted octanol–water partition coefficient (Wildman–Crippen LogP) is 8.06. The third-order valence-corrected chi connectivity index (χ3v) is 6.94. The lowest BCUT2D eigenvalue weighted by Crippen LogP contribution is -2.18. The van der Waals surface area contributed by atoms with Crippen molar-refractivity contribution in [3.8, 4) is 5.88 Å². The number of likely N-dealkylation sites (N-methyl/N-ethyl adjacent to an activating group) is 1. The molecule has 0 radical (unpaired) electrons. The normalized spacial score (nSPS) is 12.2. The number of hydrogen-bond donors (Lipinski definition) is 1. The van der Waals surface area contributed by atoms with Gasteiger partial charge in [-0.2, -0.15) is 0 Å². The number of pyridine rings is 1. The highest BCUT2D eigenvalue weighted by Gasteiger charge is 2.21. The van der Waals surface area contributed by atoms with Gasteiger partial charge in [-0.3, -0.25) is 4.79 Å². The largest absolute Gasteiger partial charge is 0.478 e. The lowest BCUT2D eigenvalue weighted by atomic mass is 9.91. The maximum Gasteiger partial charge on any atom is 0.245 e. The van der Waals surface area contributed by atoms with Crippen LogP contribution in [-0.4, -0.2) is 41.5 Å². The fourth-order valence-corrected chi connectivity index (χ4v) is 4.78. The van der Waals surface area contributed by atoms with Crippen LogP contribution in [0.2, 0.25) is 5.02 Å². The van der Waals surface area contributed by atoms with Crippen molar-refractivity contribution in [1.82, 2.24) is 14.9 Å². The third-order valence-electron chi connectivity index (χ3n) is 6.55. The molecule has 0 aliphatic rings. The van der Waals surface area contributed by atoms with Crippen LogP contribution in [0, 0.1) is 11.6 Å². The van der Waals surface area contributed by atoms with E-state index in [0.717, 1.165) is 41.8 Å². The van der Waals surface area contributed by atoms with Gasteiger partial charge >= 0.3 is 0 Å². The lowest BCUT2D eigenvalue weighted by Gasteiger charge is -2.16. The molecule has 8 heteroatoms. The second-order valence-electron chi connectivity index (χ2n) is 9.56. The number of carbonyl (C=O) groups excluding carboxylic acids is 1. The number of nitrogens with one attached hydrogen (secondary N) is 1. The molecule has 208 valence electrons. The van der Waals surface area contributed by atoms with Gasteiger partial charge in [-0.15, -0.1) is 0 Å². The first-order valence-corrected chi connectivity index (χ1v) is 13.6. The lowest BCUT2D eigenvalue weighted by molar-refractivity contribution is -0.123. The molecular formula is C32H32ClF2N3O2. The number of unbranched alkanes of at least 4 members (excludes halogenated alkanes) is 2. The van der Waals surface area contributed by atoms with Gasteiger partial charge in [0.1, 0.15) is 11.6 Å². The molecule has 1 N–H and O–H groups in total. The minimum absolute atomic E-state index is 0.0314. The van der Waals surface area contributed by atoms with Crippen molar-refractivity contribution < 1.29 is 18.3 Å². The van der Waals surface area contributed by atoms with Crippen molar-refractivity contribution in [2.24, 2.45) is 0 Å². The molecular weight excluding hydrogens is 532 g/mol. The Balaban J connectivity index is 1.60. The summed E-state index contributed by atoms with van der Waals surface area (Å²) in [5.41, 5.74) is 3.87. The van der Waals surface area contributed by atoms with Crippen molar-refractivity contribution >= 4 is 39.6 Å². The summed E-state index contributed by atoms with van der Waals surface area (Å²) >= 11 is 6.85. The van der Waals surface area contributed by atoms with Gasteiger partial charge in [-0.05, 0) is 61.6 Å². The Morgan fingerprint density at radius 3 is 2.58 bits per heavy atom. The number of hydrogen-bond acceptors (Lipinski definition) is 3. The van der Waals surface area contributed by atoms with Gasteiger partial charge in [-0.25, -0.2) is 13.8 Å². The van der Waals surface area contributed by atoms with Crippen LogP contribution in [0.3, 0.4) is 0 Å². The number of amides is 1. The Morgan fingerprint density at radius 2 is 1.90 bits per heavy atom. The molecule has 2 aromatic heterocycles. The highest BCUT2D eigenvalue weighted by molar-refractivity contribution is 6.38. The molecule has 40 heavy (non-hydrogen) atoms. The van der Waals surface area contributed by atoms with Gasteiger partial charge in [0.15, 0.2) is 0 Å². The second-order valence-corrected chi connectivity index (χ2v) is 9.93. The van der Waals surface area contributed by atoms with E-state index in [-0.39, 0.29) is 5.91 Å². The summed E-state index contributed by atoms with van der Waals surface area (Å²) in [6, 6.07) is 14.9. The maximum absolute atomic E-state index is 15.0. The number of halogens is 3. The number of ether oxygens (including phenoxy) is 1. The van der Waals surface area contributed by atoms with Gasteiger partial charge in [0.25, 0.3) is 0 Å². The Labute approximate surface area is 238 Å². The summed E-state index contributed by atoms with van der Waals surface area (Å²) < 4.78 is 34.6. The Hall–Kier alpha value is -3.97. The topological polar surface area (TPSA) is 58.2 Å². The van der Waals surface area contributed by atoms with Crippen LogP contribution in [0.15, 0.2) is 72.9 Å². The number of rotatable bonds is 11. The Kier molecular flexibility index (Phi) is 9.72. The van der Waals surface area contributed by atoms with Crippen LogP contribution in [-0.2, 0) is 4.79 Å². The SMILES string of the molecule is CC/C(=C(/c1ccc(OCCCC/C=C/C(=O)N(C)C)nc1)c1[nH]c2ccccc2c1Cl)c1ccc(F)cc1F. The summed E-state index contributed by atoms with van der Waals surface area (Å²) in [5, 5.41) is 1.36. The molecule has 0 unspecified atom stereocenters. The Morgan fingerprint density at radius 1 is 1.10 bits per heavy atom. The molecule has 5 nitrogen and oxygen atoms in total. The van der Waals surface area contributed by atoms with Crippen molar-refractivity contribution in [1.29, 1.82) is 0 Å². The van der Waals surface area contributed by atoms with E-state index >= 15 is 0 Å². The van der Waals surface area contributed by atoms with Gasteiger partial charge in [0.2, 0.25) is 11.8 Å². The predicted molar refractivity (Wildman–Crippen MR) is 157 cm³/mol. The highest BCUT2D eigenvalue weighted by atomic mass is 35.5. The summed E-state index contributed by atoms with van der Waals surface area (Å²) in [7, 11) is 3.44. The number of para-hydroxylation sites is 1. The molecule has 0 aliphatic heterocycles. The van der Waals surface area contributed by atoms with Crippen molar-refractivity contribution in [2.45, 2.75) is 32.6 Å². The van der Waals surface area contributed by atoms with Gasteiger partial charge in [0, 0.05) is 60.0 Å². The number of fused-ring (bicyclic) bond motifs is 1. The van der Waals surface area contributed by atoms with Crippen LogP contribution in [0.4, 0.5) is 8.78 Å². The van der Waals surface area contributed by atoms with Crippen LogP contribution >= 0.6 is 11.6 Å². The zero-order valence-electron chi connectivity index (χ0n) is 22.8. The fourth-order valence-electron chi connectivity index (χ4n) is 4.47. The number of carbonyl (C=O) groups is 1. The maximum atomic E-state index is 15.0. The molecule has 0 saturated heterocycles. The quantitative estimate of drug-likeness (QED) is 0.148. The average Bonchev–Trinajstić information content (AvgIpc) is 3.27. The number of benzene rings is 2. The number of nitrogens with zero attached hydrogens (tertiary/aromatic N) is 2. The first-order valence-electron chi connectivity index (χ1n) is 13.2. The third kappa shape index (κ3) is 6.77. The summed E-state index contributed by atoms with van der Waals surface area (Å²) in [5.74, 6) is -0.843. The standard InChI is InChI=1S/C32H32ClF2N3O2/c1-4-23(24-16-15-22(34)19-26(24)35)30(32-31(33)25-11-8-9-12-27(25)37-32)21-14-17-28(36-20-21)40-18-10-6-5-7-13-29(39)38(2)3/h7-9,11-17,19-20,37H,4-6,10,18H2,1-3H3/b13-7+,30-23+. The number of allylic oxidation sites excluding steroid dienone is 2. The molecule has 0 bridgehead atoms. The van der Waals surface area contributed by atoms with E-state index in [4.69, 9.17) is 16.3 Å². The molecule has 0 fully saturated rings. The zero-order chi connectivity index (χ0) is 28.6. The first-order chi connectivity index (χ1) is 19.3. The minimum Gasteiger partial charge on any atom is -0.478 e. The average molecular weight is 564 g/mol. The molecule has 0 spiro atoms.